The highest BCUT2D eigenvalue weighted by Gasteiger charge is 2.27. The number of benzene rings is 1. The van der Waals surface area contributed by atoms with E-state index >= 15 is 0 Å². The highest BCUT2D eigenvalue weighted by Crippen LogP contribution is 2.28. The van der Waals surface area contributed by atoms with Gasteiger partial charge in [0, 0.05) is 17.2 Å². The second kappa shape index (κ2) is 5.55. The third kappa shape index (κ3) is 2.74. The minimum absolute atomic E-state index is 0.0907. The number of carboxylic acid groups (broad SMARTS) is 1. The highest BCUT2D eigenvalue weighted by molar-refractivity contribution is 6.09. The van der Waals surface area contributed by atoms with Gasteiger partial charge in [0.15, 0.2) is 23.3 Å². The molecule has 0 heterocycles. The summed E-state index contributed by atoms with van der Waals surface area (Å²) in [6, 6.07) is 0.293. The number of hydrogen-bond acceptors (Lipinski definition) is 2. The summed E-state index contributed by atoms with van der Waals surface area (Å²) in [5.74, 6) is -9.72. The molecule has 1 aromatic rings. The molecular formula is C13H9F4NO3. The summed E-state index contributed by atoms with van der Waals surface area (Å²) in [6.45, 7) is 0. The van der Waals surface area contributed by atoms with Crippen molar-refractivity contribution < 1.29 is 32.3 Å². The average Bonchev–Trinajstić information content (AvgIpc) is 2.92. The summed E-state index contributed by atoms with van der Waals surface area (Å²) < 4.78 is 52.3. The number of anilines is 1. The summed E-state index contributed by atoms with van der Waals surface area (Å²) in [5, 5.41) is 10.8. The van der Waals surface area contributed by atoms with Gasteiger partial charge in [-0.05, 0) is 19.3 Å². The van der Waals surface area contributed by atoms with Crippen LogP contribution in [0.1, 0.15) is 19.3 Å². The average molecular weight is 303 g/mol. The summed E-state index contributed by atoms with van der Waals surface area (Å²) in [5.41, 5.74) is -1.11. The highest BCUT2D eigenvalue weighted by atomic mass is 19.2. The fourth-order valence-corrected chi connectivity index (χ4v) is 2.09. The van der Waals surface area contributed by atoms with Crippen LogP contribution in [0.25, 0.3) is 0 Å². The molecule has 0 saturated heterocycles. The molecular weight excluding hydrogens is 294 g/mol. The summed E-state index contributed by atoms with van der Waals surface area (Å²) in [4.78, 5) is 22.8. The van der Waals surface area contributed by atoms with Gasteiger partial charge < -0.3 is 10.4 Å². The molecule has 0 aromatic heterocycles. The summed E-state index contributed by atoms with van der Waals surface area (Å²) in [6.07, 6.45) is 0.757. The fraction of sp³-hybridized carbons (Fsp3) is 0.231. The van der Waals surface area contributed by atoms with Crippen molar-refractivity contribution in [3.05, 3.63) is 40.5 Å². The van der Waals surface area contributed by atoms with Crippen LogP contribution in [0.2, 0.25) is 0 Å². The molecule has 0 atom stereocenters. The molecule has 1 aromatic carbocycles. The van der Waals surface area contributed by atoms with Crippen LogP contribution >= 0.6 is 0 Å². The molecule has 112 valence electrons. The summed E-state index contributed by atoms with van der Waals surface area (Å²) >= 11 is 0. The van der Waals surface area contributed by atoms with E-state index in [9.17, 15) is 27.2 Å². The van der Waals surface area contributed by atoms with Crippen LogP contribution in [0.5, 0.6) is 0 Å². The Balaban J connectivity index is 2.33. The van der Waals surface area contributed by atoms with Gasteiger partial charge in [-0.1, -0.05) is 0 Å². The van der Waals surface area contributed by atoms with E-state index in [2.05, 4.69) is 0 Å². The topological polar surface area (TPSA) is 66.4 Å². The number of carboxylic acids is 1. The van der Waals surface area contributed by atoms with Crippen LogP contribution in [-0.2, 0) is 9.59 Å². The number of aliphatic carboxylic acids is 1. The molecule has 1 amide bonds. The molecule has 8 heteroatoms. The number of amides is 1. The van der Waals surface area contributed by atoms with Crippen molar-refractivity contribution >= 4 is 17.6 Å². The SMILES string of the molecule is O=C(O)C1=C(C(=O)Nc2cc(F)c(F)c(F)c2F)CCC1. The minimum atomic E-state index is -2.05. The molecule has 0 radical (unpaired) electrons. The smallest absolute Gasteiger partial charge is 0.332 e. The third-order valence-electron chi connectivity index (χ3n) is 3.10. The van der Waals surface area contributed by atoms with E-state index in [0.29, 0.717) is 12.5 Å². The molecule has 0 aliphatic heterocycles. The molecule has 21 heavy (non-hydrogen) atoms. The van der Waals surface area contributed by atoms with Crippen molar-refractivity contribution in [3.63, 3.8) is 0 Å². The molecule has 0 fully saturated rings. The lowest BCUT2D eigenvalue weighted by atomic mass is 10.1. The van der Waals surface area contributed by atoms with E-state index in [4.69, 9.17) is 5.11 Å². The fourth-order valence-electron chi connectivity index (χ4n) is 2.09. The number of rotatable bonds is 3. The maximum Gasteiger partial charge on any atom is 0.332 e. The van der Waals surface area contributed by atoms with Gasteiger partial charge in [-0.2, -0.15) is 0 Å². The van der Waals surface area contributed by atoms with Crippen molar-refractivity contribution in [3.8, 4) is 0 Å². The van der Waals surface area contributed by atoms with E-state index in [-0.39, 0.29) is 24.0 Å². The van der Waals surface area contributed by atoms with E-state index in [1.165, 1.54) is 0 Å². The van der Waals surface area contributed by atoms with Gasteiger partial charge in [-0.15, -0.1) is 0 Å². The maximum absolute atomic E-state index is 13.4. The standard InChI is InChI=1S/C13H9F4NO3/c14-7-4-8(10(16)11(17)9(7)15)18-12(19)5-2-1-3-6(5)13(20)21/h4H,1-3H2,(H,18,19)(H,20,21). The number of carbonyl (C=O) groups excluding carboxylic acids is 1. The molecule has 0 spiro atoms. The van der Waals surface area contributed by atoms with Crippen molar-refractivity contribution in [1.29, 1.82) is 0 Å². The lowest BCUT2D eigenvalue weighted by molar-refractivity contribution is -0.133. The predicted molar refractivity (Wildman–Crippen MR) is 63.4 cm³/mol. The first-order valence-corrected chi connectivity index (χ1v) is 5.92. The first kappa shape index (κ1) is 15.0. The van der Waals surface area contributed by atoms with Crippen molar-refractivity contribution in [2.24, 2.45) is 0 Å². The zero-order valence-corrected chi connectivity index (χ0v) is 10.5. The Morgan fingerprint density at radius 1 is 1.00 bits per heavy atom. The molecule has 0 bridgehead atoms. The van der Waals surface area contributed by atoms with E-state index in [1.807, 2.05) is 5.32 Å². The second-order valence-corrected chi connectivity index (χ2v) is 4.42. The predicted octanol–water partition coefficient (Wildman–Crippen LogP) is 2.75. The van der Waals surface area contributed by atoms with Crippen molar-refractivity contribution in [2.75, 3.05) is 5.32 Å². The Kier molecular flexibility index (Phi) is 3.97. The second-order valence-electron chi connectivity index (χ2n) is 4.42. The Morgan fingerprint density at radius 2 is 1.62 bits per heavy atom. The van der Waals surface area contributed by atoms with Crippen molar-refractivity contribution in [1.82, 2.24) is 0 Å². The van der Waals surface area contributed by atoms with Crippen LogP contribution in [0.3, 0.4) is 0 Å². The lowest BCUT2D eigenvalue weighted by Gasteiger charge is -2.09. The minimum Gasteiger partial charge on any atom is -0.478 e. The number of hydrogen-bond donors (Lipinski definition) is 2. The van der Waals surface area contributed by atoms with E-state index < -0.39 is 40.8 Å². The Bertz CT molecular complexity index is 670. The zero-order chi connectivity index (χ0) is 15.7. The van der Waals surface area contributed by atoms with Crippen LogP contribution < -0.4 is 5.32 Å². The largest absolute Gasteiger partial charge is 0.478 e. The van der Waals surface area contributed by atoms with Gasteiger partial charge in [0.25, 0.3) is 5.91 Å². The molecule has 2 N–H and O–H groups in total. The first-order chi connectivity index (χ1) is 9.82. The van der Waals surface area contributed by atoms with Gasteiger partial charge in [0.1, 0.15) is 0 Å². The molecule has 0 saturated carbocycles. The van der Waals surface area contributed by atoms with Gasteiger partial charge in [0.2, 0.25) is 0 Å². The lowest BCUT2D eigenvalue weighted by Crippen LogP contribution is -2.18. The molecule has 2 rings (SSSR count). The van der Waals surface area contributed by atoms with Crippen LogP contribution in [0.4, 0.5) is 23.2 Å². The van der Waals surface area contributed by atoms with Crippen LogP contribution in [0.15, 0.2) is 17.2 Å². The Hall–Kier alpha value is -2.38. The van der Waals surface area contributed by atoms with Crippen molar-refractivity contribution in [2.45, 2.75) is 19.3 Å². The van der Waals surface area contributed by atoms with Gasteiger partial charge in [-0.25, -0.2) is 22.4 Å². The van der Waals surface area contributed by atoms with E-state index in [1.54, 1.807) is 0 Å². The van der Waals surface area contributed by atoms with Crippen LogP contribution in [-0.4, -0.2) is 17.0 Å². The summed E-state index contributed by atoms with van der Waals surface area (Å²) in [7, 11) is 0. The molecule has 1 aliphatic carbocycles. The monoisotopic (exact) mass is 303 g/mol. The number of nitrogens with one attached hydrogen (secondary N) is 1. The van der Waals surface area contributed by atoms with Gasteiger partial charge in [0.05, 0.1) is 5.69 Å². The Labute approximate surface area is 116 Å². The third-order valence-corrected chi connectivity index (χ3v) is 3.10. The van der Waals surface area contributed by atoms with Crippen LogP contribution in [0, 0.1) is 23.3 Å². The normalized spacial score (nSPS) is 14.5. The first-order valence-electron chi connectivity index (χ1n) is 5.92. The zero-order valence-electron chi connectivity index (χ0n) is 10.5. The Morgan fingerprint density at radius 3 is 2.24 bits per heavy atom. The van der Waals surface area contributed by atoms with Gasteiger partial charge in [-0.3, -0.25) is 4.79 Å². The van der Waals surface area contributed by atoms with E-state index in [0.717, 1.165) is 0 Å². The molecule has 4 nitrogen and oxygen atoms in total. The number of halogens is 4. The quantitative estimate of drug-likeness (QED) is 0.512. The van der Waals surface area contributed by atoms with Gasteiger partial charge >= 0.3 is 5.97 Å². The molecule has 0 unspecified atom stereocenters. The molecule has 1 aliphatic rings. The number of carbonyl (C=O) groups is 2. The maximum atomic E-state index is 13.4.